The van der Waals surface area contributed by atoms with Crippen LogP contribution in [0.2, 0.25) is 0 Å². The van der Waals surface area contributed by atoms with Gasteiger partial charge in [0.25, 0.3) is 0 Å². The molecule has 0 N–H and O–H groups in total. The lowest BCUT2D eigenvalue weighted by Crippen LogP contribution is -2.47. The third kappa shape index (κ3) is 7.39. The third-order valence-corrected chi connectivity index (χ3v) is 6.59. The minimum atomic E-state index is -0.115. The average molecular weight is 498 g/mol. The van der Waals surface area contributed by atoms with E-state index in [9.17, 15) is 4.79 Å². The Morgan fingerprint density at radius 2 is 1.81 bits per heavy atom. The Labute approximate surface area is 217 Å². The molecular formula is C30H45N2O4+. The summed E-state index contributed by atoms with van der Waals surface area (Å²) in [5.41, 5.74) is 4.52. The molecule has 0 saturated heterocycles. The third-order valence-electron chi connectivity index (χ3n) is 6.59. The van der Waals surface area contributed by atoms with Crippen molar-refractivity contribution in [2.75, 3.05) is 47.5 Å². The van der Waals surface area contributed by atoms with Crippen LogP contribution in [0.4, 0.5) is 0 Å². The largest absolute Gasteiger partial charge is 0.496 e. The van der Waals surface area contributed by atoms with Crippen molar-refractivity contribution in [1.82, 2.24) is 4.90 Å². The Hall–Kier alpha value is -2.73. The minimum Gasteiger partial charge on any atom is -0.496 e. The summed E-state index contributed by atoms with van der Waals surface area (Å²) >= 11 is 0. The smallest absolute Gasteiger partial charge is 0.231 e. The van der Waals surface area contributed by atoms with E-state index in [1.54, 1.807) is 7.11 Å². The highest BCUT2D eigenvalue weighted by atomic mass is 16.5. The van der Waals surface area contributed by atoms with Crippen LogP contribution < -0.4 is 14.2 Å². The lowest BCUT2D eigenvalue weighted by atomic mass is 10.0. The van der Waals surface area contributed by atoms with Crippen molar-refractivity contribution in [1.29, 1.82) is 0 Å². The maximum Gasteiger partial charge on any atom is 0.231 e. The zero-order valence-corrected chi connectivity index (χ0v) is 23.5. The van der Waals surface area contributed by atoms with Crippen LogP contribution in [-0.2, 0) is 17.9 Å². The molecule has 0 fully saturated rings. The van der Waals surface area contributed by atoms with Gasteiger partial charge in [-0.2, -0.15) is 0 Å². The van der Waals surface area contributed by atoms with Gasteiger partial charge < -0.3 is 23.6 Å². The quantitative estimate of drug-likeness (QED) is 0.414. The fourth-order valence-corrected chi connectivity index (χ4v) is 5.19. The fraction of sp³-hybridized carbons (Fsp3) is 0.567. The second-order valence-electron chi connectivity index (χ2n) is 11.4. The van der Waals surface area contributed by atoms with Gasteiger partial charge in [-0.25, -0.2) is 0 Å². The van der Waals surface area contributed by atoms with Crippen LogP contribution in [0.15, 0.2) is 30.3 Å². The lowest BCUT2D eigenvalue weighted by molar-refractivity contribution is -0.905. The van der Waals surface area contributed by atoms with Crippen molar-refractivity contribution < 1.29 is 23.5 Å². The van der Waals surface area contributed by atoms with Gasteiger partial charge in [0.15, 0.2) is 11.5 Å². The number of rotatable bonds is 10. The molecule has 198 valence electrons. The number of hydrogen-bond donors (Lipinski definition) is 0. The number of fused-ring (bicyclic) bond motifs is 1. The molecule has 0 aliphatic carbocycles. The van der Waals surface area contributed by atoms with E-state index in [1.807, 2.05) is 24.0 Å². The first-order chi connectivity index (χ1) is 17.0. The summed E-state index contributed by atoms with van der Waals surface area (Å²) in [4.78, 5) is 15.8. The van der Waals surface area contributed by atoms with Gasteiger partial charge in [-0.15, -0.1) is 0 Å². The van der Waals surface area contributed by atoms with Crippen molar-refractivity contribution in [3.05, 3.63) is 52.6 Å². The Bertz CT molecular complexity index is 1050. The summed E-state index contributed by atoms with van der Waals surface area (Å²) in [5, 5.41) is 0. The number of ether oxygens (including phenoxy) is 3. The molecule has 1 aliphatic rings. The molecule has 36 heavy (non-hydrogen) atoms. The number of aryl methyl sites for hydroxylation is 2. The van der Waals surface area contributed by atoms with Gasteiger partial charge >= 0.3 is 0 Å². The summed E-state index contributed by atoms with van der Waals surface area (Å²) in [5.74, 6) is 2.97. The highest BCUT2D eigenvalue weighted by Gasteiger charge is 2.29. The van der Waals surface area contributed by atoms with E-state index in [1.165, 1.54) is 11.1 Å². The summed E-state index contributed by atoms with van der Waals surface area (Å²) in [7, 11) is 6.09. The van der Waals surface area contributed by atoms with Crippen LogP contribution in [0.25, 0.3) is 0 Å². The molecule has 3 rings (SSSR count). The molecule has 1 heterocycles. The Morgan fingerprint density at radius 3 is 2.50 bits per heavy atom. The molecule has 1 aliphatic heterocycles. The number of nitrogens with zero attached hydrogens (tertiary/aromatic N) is 2. The van der Waals surface area contributed by atoms with Gasteiger partial charge in [0, 0.05) is 25.1 Å². The topological polar surface area (TPSA) is 48.0 Å². The van der Waals surface area contributed by atoms with E-state index < -0.39 is 0 Å². The van der Waals surface area contributed by atoms with Gasteiger partial charge in [0.1, 0.15) is 12.3 Å². The normalized spacial score (nSPS) is 14.4. The zero-order chi connectivity index (χ0) is 26.5. The number of hydrogen-bond acceptors (Lipinski definition) is 4. The monoisotopic (exact) mass is 497 g/mol. The van der Waals surface area contributed by atoms with Crippen molar-refractivity contribution in [3.8, 4) is 17.2 Å². The van der Waals surface area contributed by atoms with Crippen LogP contribution in [0.1, 0.15) is 49.4 Å². The molecule has 1 unspecified atom stereocenters. The van der Waals surface area contributed by atoms with E-state index in [0.717, 1.165) is 54.4 Å². The number of carbonyl (C=O) groups excluding carboxylic acids is 1. The molecule has 6 nitrogen and oxygen atoms in total. The average Bonchev–Trinajstić information content (AvgIpc) is 3.03. The highest BCUT2D eigenvalue weighted by molar-refractivity contribution is 5.78. The maximum atomic E-state index is 13.8. The van der Waals surface area contributed by atoms with Crippen molar-refractivity contribution in [3.63, 3.8) is 0 Å². The summed E-state index contributed by atoms with van der Waals surface area (Å²) in [6.07, 6.45) is 0.876. The van der Waals surface area contributed by atoms with Crippen LogP contribution >= 0.6 is 0 Å². The van der Waals surface area contributed by atoms with Crippen molar-refractivity contribution >= 4 is 5.91 Å². The fourth-order valence-electron chi connectivity index (χ4n) is 5.19. The minimum absolute atomic E-state index is 0.115. The Balaban J connectivity index is 1.75. The summed E-state index contributed by atoms with van der Waals surface area (Å²) in [6.45, 7) is 14.7. The molecule has 0 saturated carbocycles. The van der Waals surface area contributed by atoms with Gasteiger partial charge in [-0.1, -0.05) is 31.5 Å². The molecular weight excluding hydrogens is 452 g/mol. The predicted octanol–water partition coefficient (Wildman–Crippen LogP) is 5.37. The summed E-state index contributed by atoms with van der Waals surface area (Å²) < 4.78 is 18.1. The molecule has 0 bridgehead atoms. The number of quaternary nitrogens is 1. The van der Waals surface area contributed by atoms with Gasteiger partial charge in [-0.3, -0.25) is 4.79 Å². The van der Waals surface area contributed by atoms with Gasteiger partial charge in [-0.05, 0) is 56.0 Å². The summed E-state index contributed by atoms with van der Waals surface area (Å²) in [6, 6.07) is 10.5. The van der Waals surface area contributed by atoms with E-state index in [-0.39, 0.29) is 11.8 Å². The standard InChI is InChI=1S/C30H45N2O4/c1-21(2)17-31(18-25-15-23(4)29-28(16-25)35-12-9-13-36-29)30(33)24(5)19-32(6,7)20-26-14-22(3)10-11-27(26)34-8/h10-11,14-16,21,24H,9,12-13,17-20H2,1-8H3/q+1. The molecule has 2 aromatic carbocycles. The predicted molar refractivity (Wildman–Crippen MR) is 145 cm³/mol. The molecule has 1 atom stereocenters. The highest BCUT2D eigenvalue weighted by Crippen LogP contribution is 2.35. The van der Waals surface area contributed by atoms with Crippen LogP contribution in [0, 0.1) is 25.7 Å². The van der Waals surface area contributed by atoms with Crippen molar-refractivity contribution in [2.24, 2.45) is 11.8 Å². The first kappa shape index (κ1) is 27.9. The molecule has 2 aromatic rings. The molecule has 6 heteroatoms. The first-order valence-electron chi connectivity index (χ1n) is 13.1. The maximum absolute atomic E-state index is 13.8. The Kier molecular flexibility index (Phi) is 9.29. The molecule has 1 amide bonds. The van der Waals surface area contributed by atoms with E-state index in [2.05, 4.69) is 60.0 Å². The molecule has 0 radical (unpaired) electrons. The van der Waals surface area contributed by atoms with E-state index >= 15 is 0 Å². The van der Waals surface area contributed by atoms with Crippen LogP contribution in [0.3, 0.4) is 0 Å². The second-order valence-corrected chi connectivity index (χ2v) is 11.4. The number of benzene rings is 2. The number of carbonyl (C=O) groups is 1. The lowest BCUT2D eigenvalue weighted by Gasteiger charge is -2.35. The number of amides is 1. The number of methoxy groups -OCH3 is 1. The molecule has 0 spiro atoms. The van der Waals surface area contributed by atoms with Gasteiger partial charge in [0.05, 0.1) is 46.9 Å². The van der Waals surface area contributed by atoms with Crippen molar-refractivity contribution in [2.45, 2.75) is 54.1 Å². The SMILES string of the molecule is COc1ccc(C)cc1C[N+](C)(C)CC(C)C(=O)N(Cc1cc(C)c2c(c1)OCCCO2)CC(C)C. The van der Waals surface area contributed by atoms with Crippen LogP contribution in [0.5, 0.6) is 17.2 Å². The Morgan fingerprint density at radius 1 is 1.08 bits per heavy atom. The zero-order valence-electron chi connectivity index (χ0n) is 23.5. The second kappa shape index (κ2) is 12.0. The van der Waals surface area contributed by atoms with Crippen LogP contribution in [-0.4, -0.2) is 62.8 Å². The van der Waals surface area contributed by atoms with Gasteiger partial charge in [0.2, 0.25) is 5.91 Å². The molecule has 0 aromatic heterocycles. The van der Waals surface area contributed by atoms with E-state index in [4.69, 9.17) is 14.2 Å². The van der Waals surface area contributed by atoms with E-state index in [0.29, 0.717) is 30.2 Å². The first-order valence-corrected chi connectivity index (χ1v) is 13.1.